The number of aromatic nitrogens is 1. The van der Waals surface area contributed by atoms with E-state index < -0.39 is 0 Å². The standard InChI is InChI=1S/C16H21NS2/c1-15(2,3)11-7-9-13-10(17-14(9)19-11)8-12(18-13)16(4,5)6/h7-8,17H,1-6H3. The Labute approximate surface area is 122 Å². The molecule has 1 N–H and O–H groups in total. The summed E-state index contributed by atoms with van der Waals surface area (Å²) in [6.07, 6.45) is 0. The molecule has 102 valence electrons. The van der Waals surface area contributed by atoms with Crippen LogP contribution >= 0.6 is 22.7 Å². The quantitative estimate of drug-likeness (QED) is 0.520. The molecule has 19 heavy (non-hydrogen) atoms. The first-order chi connectivity index (χ1) is 8.66. The van der Waals surface area contributed by atoms with Crippen molar-refractivity contribution in [3.63, 3.8) is 0 Å². The zero-order chi connectivity index (χ0) is 14.0. The first-order valence-corrected chi connectivity index (χ1v) is 8.35. The van der Waals surface area contributed by atoms with Crippen LogP contribution in [-0.2, 0) is 10.8 Å². The summed E-state index contributed by atoms with van der Waals surface area (Å²) in [5.41, 5.74) is 1.78. The fraction of sp³-hybridized carbons (Fsp3) is 0.500. The molecule has 0 aliphatic heterocycles. The van der Waals surface area contributed by atoms with E-state index in [0.29, 0.717) is 0 Å². The predicted molar refractivity (Wildman–Crippen MR) is 89.0 cm³/mol. The predicted octanol–water partition coefficient (Wildman–Crippen LogP) is 6.04. The molecular formula is C16H21NS2. The smallest absolute Gasteiger partial charge is 0.102 e. The molecule has 0 spiro atoms. The van der Waals surface area contributed by atoms with E-state index in [-0.39, 0.29) is 10.8 Å². The third-order valence-electron chi connectivity index (χ3n) is 3.44. The van der Waals surface area contributed by atoms with Gasteiger partial charge in [0.25, 0.3) is 0 Å². The van der Waals surface area contributed by atoms with Crippen molar-refractivity contribution >= 4 is 43.1 Å². The Morgan fingerprint density at radius 2 is 1.42 bits per heavy atom. The van der Waals surface area contributed by atoms with Crippen LogP contribution in [0.1, 0.15) is 51.3 Å². The Morgan fingerprint density at radius 1 is 0.842 bits per heavy atom. The maximum Gasteiger partial charge on any atom is 0.102 e. The summed E-state index contributed by atoms with van der Waals surface area (Å²) in [7, 11) is 0. The maximum atomic E-state index is 3.59. The number of hydrogen-bond donors (Lipinski definition) is 1. The Kier molecular flexibility index (Phi) is 2.68. The van der Waals surface area contributed by atoms with Gasteiger partial charge in [-0.2, -0.15) is 0 Å². The van der Waals surface area contributed by atoms with Gasteiger partial charge in [-0.05, 0) is 23.0 Å². The van der Waals surface area contributed by atoms with Crippen molar-refractivity contribution in [2.45, 2.75) is 52.4 Å². The topological polar surface area (TPSA) is 15.8 Å². The molecule has 0 radical (unpaired) electrons. The van der Waals surface area contributed by atoms with Gasteiger partial charge in [0.1, 0.15) is 4.83 Å². The molecule has 0 unspecified atom stereocenters. The van der Waals surface area contributed by atoms with E-state index in [0.717, 1.165) is 0 Å². The van der Waals surface area contributed by atoms with Crippen molar-refractivity contribution in [3.8, 4) is 0 Å². The average Bonchev–Trinajstić information content (AvgIpc) is 2.81. The van der Waals surface area contributed by atoms with Crippen molar-refractivity contribution in [2.24, 2.45) is 0 Å². The molecule has 0 atom stereocenters. The van der Waals surface area contributed by atoms with E-state index >= 15 is 0 Å². The van der Waals surface area contributed by atoms with E-state index in [1.54, 1.807) is 0 Å². The minimum absolute atomic E-state index is 0.236. The van der Waals surface area contributed by atoms with Crippen LogP contribution in [0.5, 0.6) is 0 Å². The fourth-order valence-corrected chi connectivity index (χ4v) is 4.59. The molecular weight excluding hydrogens is 270 g/mol. The highest BCUT2D eigenvalue weighted by atomic mass is 32.1. The second kappa shape index (κ2) is 3.86. The van der Waals surface area contributed by atoms with Gasteiger partial charge in [0.05, 0.1) is 10.2 Å². The van der Waals surface area contributed by atoms with Gasteiger partial charge in [0, 0.05) is 15.1 Å². The van der Waals surface area contributed by atoms with Crippen molar-refractivity contribution in [2.75, 3.05) is 0 Å². The molecule has 0 saturated carbocycles. The summed E-state index contributed by atoms with van der Waals surface area (Å²) >= 11 is 3.84. The van der Waals surface area contributed by atoms with E-state index in [9.17, 15) is 0 Å². The lowest BCUT2D eigenvalue weighted by atomic mass is 9.94. The molecule has 0 amide bonds. The van der Waals surface area contributed by atoms with E-state index in [1.165, 1.54) is 30.2 Å². The van der Waals surface area contributed by atoms with Crippen LogP contribution in [0.3, 0.4) is 0 Å². The Hall–Kier alpha value is -0.800. The normalized spacial score (nSPS) is 13.8. The van der Waals surface area contributed by atoms with Crippen LogP contribution in [0.4, 0.5) is 0 Å². The van der Waals surface area contributed by atoms with Crippen LogP contribution in [0.15, 0.2) is 12.1 Å². The SMILES string of the molecule is CC(C)(C)c1cc2c([nH]c3cc(C(C)(C)C)sc32)s1. The van der Waals surface area contributed by atoms with E-state index in [1.807, 2.05) is 22.7 Å². The zero-order valence-electron chi connectivity index (χ0n) is 12.5. The summed E-state index contributed by atoms with van der Waals surface area (Å²) in [5.74, 6) is 0. The molecule has 3 aromatic rings. The van der Waals surface area contributed by atoms with Gasteiger partial charge in [0.15, 0.2) is 0 Å². The summed E-state index contributed by atoms with van der Waals surface area (Å²) in [6.45, 7) is 13.7. The monoisotopic (exact) mass is 291 g/mol. The molecule has 0 bridgehead atoms. The number of aromatic amines is 1. The van der Waals surface area contributed by atoms with Crippen molar-refractivity contribution in [1.82, 2.24) is 4.98 Å². The first-order valence-electron chi connectivity index (χ1n) is 6.72. The number of H-pyrrole nitrogens is 1. The molecule has 3 aromatic heterocycles. The summed E-state index contributed by atoms with van der Waals surface area (Å²) in [5, 5.41) is 1.41. The molecule has 1 nitrogen and oxygen atoms in total. The van der Waals surface area contributed by atoms with Crippen LogP contribution in [-0.4, -0.2) is 4.98 Å². The molecule has 3 heteroatoms. The molecule has 3 rings (SSSR count). The molecule has 0 aromatic carbocycles. The summed E-state index contributed by atoms with van der Waals surface area (Å²) < 4.78 is 1.42. The minimum atomic E-state index is 0.236. The molecule has 0 aliphatic rings. The minimum Gasteiger partial charge on any atom is -0.345 e. The summed E-state index contributed by atoms with van der Waals surface area (Å²) in [6, 6.07) is 4.70. The zero-order valence-corrected chi connectivity index (χ0v) is 14.1. The number of nitrogens with one attached hydrogen (secondary N) is 1. The van der Waals surface area contributed by atoms with Crippen molar-refractivity contribution < 1.29 is 0 Å². The fourth-order valence-electron chi connectivity index (χ4n) is 2.20. The highest BCUT2D eigenvalue weighted by Gasteiger charge is 2.22. The Morgan fingerprint density at radius 3 is 2.00 bits per heavy atom. The lowest BCUT2D eigenvalue weighted by Crippen LogP contribution is -2.07. The molecule has 0 fully saturated rings. The van der Waals surface area contributed by atoms with Crippen LogP contribution < -0.4 is 0 Å². The number of fused-ring (bicyclic) bond motifs is 3. The Bertz CT molecular complexity index is 678. The second-order valence-electron chi connectivity index (χ2n) is 7.33. The summed E-state index contributed by atoms with van der Waals surface area (Å²) in [4.78, 5) is 7.83. The molecule has 0 saturated heterocycles. The third-order valence-corrected chi connectivity index (χ3v) is 6.51. The maximum absolute atomic E-state index is 3.59. The molecule has 3 heterocycles. The van der Waals surface area contributed by atoms with E-state index in [4.69, 9.17) is 0 Å². The lowest BCUT2D eigenvalue weighted by molar-refractivity contribution is 0.604. The largest absolute Gasteiger partial charge is 0.345 e. The van der Waals surface area contributed by atoms with Crippen LogP contribution in [0.2, 0.25) is 0 Å². The van der Waals surface area contributed by atoms with Gasteiger partial charge in [0.2, 0.25) is 0 Å². The number of rotatable bonds is 0. The van der Waals surface area contributed by atoms with Gasteiger partial charge in [-0.1, -0.05) is 41.5 Å². The molecule has 0 aliphatic carbocycles. The van der Waals surface area contributed by atoms with Crippen molar-refractivity contribution in [3.05, 3.63) is 21.9 Å². The van der Waals surface area contributed by atoms with Crippen molar-refractivity contribution in [1.29, 1.82) is 0 Å². The third kappa shape index (κ3) is 2.13. The number of thiophene rings is 2. The highest BCUT2D eigenvalue weighted by Crippen LogP contribution is 2.42. The van der Waals surface area contributed by atoms with Gasteiger partial charge < -0.3 is 4.98 Å². The second-order valence-corrected chi connectivity index (χ2v) is 9.44. The van der Waals surface area contributed by atoms with Gasteiger partial charge in [-0.3, -0.25) is 0 Å². The van der Waals surface area contributed by atoms with E-state index in [2.05, 4.69) is 58.7 Å². The lowest BCUT2D eigenvalue weighted by Gasteiger charge is -2.15. The highest BCUT2D eigenvalue weighted by molar-refractivity contribution is 7.23. The number of hydrogen-bond acceptors (Lipinski definition) is 2. The first kappa shape index (κ1) is 13.2. The van der Waals surface area contributed by atoms with Gasteiger partial charge in [-0.15, -0.1) is 22.7 Å². The van der Waals surface area contributed by atoms with Gasteiger partial charge >= 0.3 is 0 Å². The van der Waals surface area contributed by atoms with Gasteiger partial charge in [-0.25, -0.2) is 0 Å². The van der Waals surface area contributed by atoms with Crippen LogP contribution in [0.25, 0.3) is 20.4 Å². The van der Waals surface area contributed by atoms with Crippen LogP contribution in [0, 0.1) is 0 Å². The average molecular weight is 291 g/mol. The Balaban J connectivity index is 2.22.